The fourth-order valence-electron chi connectivity index (χ4n) is 2.97. The van der Waals surface area contributed by atoms with Gasteiger partial charge in [-0.15, -0.1) is 0 Å². The quantitative estimate of drug-likeness (QED) is 0.610. The molecule has 1 saturated heterocycles. The lowest BCUT2D eigenvalue weighted by Gasteiger charge is -2.28. The van der Waals surface area contributed by atoms with Gasteiger partial charge in [0, 0.05) is 24.9 Å². The average molecular weight is 353 g/mol. The molecule has 1 heterocycles. The van der Waals surface area contributed by atoms with Crippen LogP contribution in [0.5, 0.6) is 0 Å². The molecule has 0 aliphatic carbocycles. The molecule has 0 bridgehead atoms. The van der Waals surface area contributed by atoms with Crippen LogP contribution < -0.4 is 10.6 Å². The van der Waals surface area contributed by atoms with Gasteiger partial charge >= 0.3 is 0 Å². The Morgan fingerprint density at radius 3 is 2.79 bits per heavy atom. The molecule has 4 nitrogen and oxygen atoms in total. The second-order valence-electron chi connectivity index (χ2n) is 6.74. The minimum atomic E-state index is -0.201. The summed E-state index contributed by atoms with van der Waals surface area (Å²) in [7, 11) is 5.79. The van der Waals surface area contributed by atoms with Crippen LogP contribution in [0.25, 0.3) is 0 Å². The lowest BCUT2D eigenvalue weighted by atomic mass is 10.1. The molecule has 0 saturated carbocycles. The molecule has 2 N–H and O–H groups in total. The van der Waals surface area contributed by atoms with E-state index in [-0.39, 0.29) is 11.9 Å². The van der Waals surface area contributed by atoms with E-state index in [1.807, 2.05) is 31.9 Å². The first-order valence-electron chi connectivity index (χ1n) is 8.44. The van der Waals surface area contributed by atoms with Gasteiger partial charge in [-0.1, -0.05) is 12.1 Å². The number of likely N-dealkylation sites (N-methyl/N-ethyl adjacent to an activating group) is 1. The summed E-state index contributed by atoms with van der Waals surface area (Å²) in [5, 5.41) is 6.81. The first-order chi connectivity index (χ1) is 11.4. The van der Waals surface area contributed by atoms with Gasteiger partial charge in [-0.05, 0) is 57.3 Å². The van der Waals surface area contributed by atoms with Gasteiger partial charge in [-0.2, -0.15) is 11.8 Å². The molecule has 134 valence electrons. The molecule has 0 spiro atoms. The monoisotopic (exact) mass is 352 g/mol. The number of benzene rings is 1. The molecule has 2 rings (SSSR count). The number of hydrogen-bond donors (Lipinski definition) is 2. The van der Waals surface area contributed by atoms with E-state index in [0.29, 0.717) is 11.3 Å². The molecule has 1 aliphatic rings. The predicted octanol–water partition coefficient (Wildman–Crippen LogP) is 2.88. The number of hydrogen-bond acceptors (Lipinski definition) is 3. The number of aliphatic imine (C=N–C) groups is 1. The van der Waals surface area contributed by atoms with Crippen molar-refractivity contribution in [1.29, 1.82) is 0 Å². The molecule has 2 atom stereocenters. The number of guanidine groups is 1. The Balaban J connectivity index is 1.92. The smallest absolute Gasteiger partial charge is 0.191 e. The first-order valence-corrected chi connectivity index (χ1v) is 9.42. The van der Waals surface area contributed by atoms with Crippen LogP contribution >= 0.6 is 11.8 Å². The zero-order chi connectivity index (χ0) is 17.6. The van der Waals surface area contributed by atoms with Crippen molar-refractivity contribution in [2.24, 2.45) is 4.99 Å². The number of halogens is 1. The van der Waals surface area contributed by atoms with Gasteiger partial charge in [0.1, 0.15) is 5.82 Å². The molecule has 0 amide bonds. The van der Waals surface area contributed by atoms with Crippen LogP contribution in [0.3, 0.4) is 0 Å². The summed E-state index contributed by atoms with van der Waals surface area (Å²) in [6.45, 7) is 3.88. The lowest BCUT2D eigenvalue weighted by Crippen LogP contribution is -2.45. The van der Waals surface area contributed by atoms with E-state index < -0.39 is 0 Å². The minimum Gasteiger partial charge on any atom is -0.355 e. The maximum absolute atomic E-state index is 13.5. The Morgan fingerprint density at radius 2 is 2.21 bits per heavy atom. The van der Waals surface area contributed by atoms with Crippen molar-refractivity contribution < 1.29 is 4.39 Å². The highest BCUT2D eigenvalue weighted by molar-refractivity contribution is 8.00. The third-order valence-corrected chi connectivity index (χ3v) is 6.01. The SMILES string of the molecule is CN=C(NCC(c1cccc(F)c1)N(C)C)NCC1(C)CCCS1. The Labute approximate surface area is 149 Å². The highest BCUT2D eigenvalue weighted by atomic mass is 32.2. The van der Waals surface area contributed by atoms with E-state index in [2.05, 4.69) is 27.4 Å². The maximum atomic E-state index is 13.5. The van der Waals surface area contributed by atoms with Crippen molar-refractivity contribution in [1.82, 2.24) is 15.5 Å². The predicted molar refractivity (Wildman–Crippen MR) is 102 cm³/mol. The molecule has 2 unspecified atom stereocenters. The third-order valence-electron chi connectivity index (χ3n) is 4.47. The third kappa shape index (κ3) is 5.38. The van der Waals surface area contributed by atoms with Crippen molar-refractivity contribution in [3.05, 3.63) is 35.6 Å². The molecular weight excluding hydrogens is 323 g/mol. The molecule has 0 radical (unpaired) electrons. The van der Waals surface area contributed by atoms with Crippen molar-refractivity contribution in [3.8, 4) is 0 Å². The zero-order valence-electron chi connectivity index (χ0n) is 15.1. The molecule has 1 aliphatic heterocycles. The Hall–Kier alpha value is -1.27. The van der Waals surface area contributed by atoms with E-state index in [0.717, 1.165) is 18.1 Å². The molecular formula is C18H29FN4S. The standard InChI is InChI=1S/C18H29FN4S/c1-18(9-6-10-24-18)13-22-17(20-2)21-12-16(23(3)4)14-7-5-8-15(19)11-14/h5,7-8,11,16H,6,9-10,12-13H2,1-4H3,(H2,20,21,22). The lowest BCUT2D eigenvalue weighted by molar-refractivity contribution is 0.297. The number of thioether (sulfide) groups is 1. The van der Waals surface area contributed by atoms with Gasteiger partial charge in [0.05, 0.1) is 6.04 Å². The van der Waals surface area contributed by atoms with Gasteiger partial charge in [0.15, 0.2) is 5.96 Å². The Morgan fingerprint density at radius 1 is 1.42 bits per heavy atom. The number of nitrogens with zero attached hydrogens (tertiary/aromatic N) is 2. The highest BCUT2D eigenvalue weighted by Crippen LogP contribution is 2.36. The first kappa shape index (κ1) is 19.1. The summed E-state index contributed by atoms with van der Waals surface area (Å²) < 4.78 is 13.8. The number of nitrogens with one attached hydrogen (secondary N) is 2. The van der Waals surface area contributed by atoms with Crippen LogP contribution in [0, 0.1) is 5.82 Å². The van der Waals surface area contributed by atoms with Crippen LogP contribution in [-0.2, 0) is 0 Å². The van der Waals surface area contributed by atoms with Crippen LogP contribution in [0.2, 0.25) is 0 Å². The largest absolute Gasteiger partial charge is 0.355 e. The normalized spacial score (nSPS) is 22.7. The second-order valence-corrected chi connectivity index (χ2v) is 8.43. The molecule has 1 aromatic carbocycles. The summed E-state index contributed by atoms with van der Waals surface area (Å²) in [6, 6.07) is 6.87. The van der Waals surface area contributed by atoms with E-state index in [9.17, 15) is 4.39 Å². The minimum absolute atomic E-state index is 0.0793. The Bertz CT molecular complexity index is 556. The second kappa shape index (κ2) is 8.72. The summed E-state index contributed by atoms with van der Waals surface area (Å²) in [6.07, 6.45) is 2.53. The van der Waals surface area contributed by atoms with Crippen LogP contribution in [0.1, 0.15) is 31.4 Å². The van der Waals surface area contributed by atoms with E-state index in [1.54, 1.807) is 19.2 Å². The average Bonchev–Trinajstić information content (AvgIpc) is 2.97. The number of rotatable bonds is 6. The molecule has 24 heavy (non-hydrogen) atoms. The van der Waals surface area contributed by atoms with Crippen molar-refractivity contribution in [2.45, 2.75) is 30.6 Å². The summed E-state index contributed by atoms with van der Waals surface area (Å²) in [4.78, 5) is 6.40. The Kier molecular flexibility index (Phi) is 6.92. The van der Waals surface area contributed by atoms with Crippen molar-refractivity contribution >= 4 is 17.7 Å². The van der Waals surface area contributed by atoms with Gasteiger partial charge < -0.3 is 15.5 Å². The van der Waals surface area contributed by atoms with Gasteiger partial charge in [0.25, 0.3) is 0 Å². The van der Waals surface area contributed by atoms with Gasteiger partial charge in [-0.25, -0.2) is 4.39 Å². The topological polar surface area (TPSA) is 39.7 Å². The van der Waals surface area contributed by atoms with Crippen LogP contribution in [0.4, 0.5) is 4.39 Å². The summed E-state index contributed by atoms with van der Waals surface area (Å²) in [5.74, 6) is 1.84. The molecule has 1 aromatic rings. The molecule has 6 heteroatoms. The molecule has 0 aromatic heterocycles. The van der Waals surface area contributed by atoms with E-state index in [4.69, 9.17) is 0 Å². The fourth-order valence-corrected chi connectivity index (χ4v) is 4.22. The maximum Gasteiger partial charge on any atom is 0.191 e. The van der Waals surface area contributed by atoms with E-state index in [1.165, 1.54) is 24.7 Å². The van der Waals surface area contributed by atoms with Gasteiger partial charge in [-0.3, -0.25) is 4.99 Å². The van der Waals surface area contributed by atoms with Crippen molar-refractivity contribution in [3.63, 3.8) is 0 Å². The summed E-state index contributed by atoms with van der Waals surface area (Å²) >= 11 is 2.03. The zero-order valence-corrected chi connectivity index (χ0v) is 15.9. The van der Waals surface area contributed by atoms with Crippen LogP contribution in [0.15, 0.2) is 29.3 Å². The summed E-state index contributed by atoms with van der Waals surface area (Å²) in [5.41, 5.74) is 0.960. The van der Waals surface area contributed by atoms with Crippen molar-refractivity contribution in [2.75, 3.05) is 40.0 Å². The fraction of sp³-hybridized carbons (Fsp3) is 0.611. The molecule has 1 fully saturated rings. The van der Waals surface area contributed by atoms with E-state index >= 15 is 0 Å². The van der Waals surface area contributed by atoms with Crippen LogP contribution in [-0.4, -0.2) is 55.6 Å². The van der Waals surface area contributed by atoms with Gasteiger partial charge in [0.2, 0.25) is 0 Å². The highest BCUT2D eigenvalue weighted by Gasteiger charge is 2.29.